The Morgan fingerprint density at radius 1 is 1.47 bits per heavy atom. The number of aromatic nitrogens is 1. The predicted molar refractivity (Wildman–Crippen MR) is 62.9 cm³/mol. The molecule has 2 rings (SSSR count). The first kappa shape index (κ1) is 11.6. The van der Waals surface area contributed by atoms with Gasteiger partial charge < -0.3 is 4.90 Å². The topological polar surface area (TPSA) is 57.0 Å². The summed E-state index contributed by atoms with van der Waals surface area (Å²) in [6.45, 7) is 1.58. The number of amides is 1. The molecule has 0 radical (unpaired) electrons. The molecule has 1 fully saturated rings. The monoisotopic (exact) mass is 229 g/mol. The van der Waals surface area contributed by atoms with E-state index in [9.17, 15) is 4.79 Å². The number of carbonyl (C=O) groups excluding carboxylic acids is 1. The van der Waals surface area contributed by atoms with Gasteiger partial charge in [-0.1, -0.05) is 6.07 Å². The van der Waals surface area contributed by atoms with Crippen LogP contribution in [0.2, 0.25) is 0 Å². The average Bonchev–Trinajstić information content (AvgIpc) is 2.90. The molecule has 1 aliphatic rings. The first-order valence-electron chi connectivity index (χ1n) is 5.89. The maximum atomic E-state index is 12.1. The van der Waals surface area contributed by atoms with Crippen molar-refractivity contribution in [3.63, 3.8) is 0 Å². The van der Waals surface area contributed by atoms with Crippen molar-refractivity contribution in [2.75, 3.05) is 13.1 Å². The predicted octanol–water partition coefficient (Wildman–Crippen LogP) is 1.39. The van der Waals surface area contributed by atoms with Crippen molar-refractivity contribution in [1.29, 1.82) is 5.26 Å². The van der Waals surface area contributed by atoms with Crippen molar-refractivity contribution in [1.82, 2.24) is 9.88 Å². The molecular formula is C13H15N3O. The lowest BCUT2D eigenvalue weighted by molar-refractivity contribution is -0.132. The Morgan fingerprint density at radius 3 is 2.82 bits per heavy atom. The lowest BCUT2D eigenvalue weighted by Crippen LogP contribution is -2.34. The van der Waals surface area contributed by atoms with Gasteiger partial charge in [0.2, 0.25) is 5.91 Å². The van der Waals surface area contributed by atoms with Gasteiger partial charge in [0.1, 0.15) is 5.92 Å². The highest BCUT2D eigenvalue weighted by Gasteiger charge is 2.26. The molecule has 1 saturated heterocycles. The molecule has 1 amide bonds. The minimum absolute atomic E-state index is 0.0457. The summed E-state index contributed by atoms with van der Waals surface area (Å²) in [5.74, 6) is -0.640. The van der Waals surface area contributed by atoms with Crippen molar-refractivity contribution in [3.05, 3.63) is 30.1 Å². The lowest BCUT2D eigenvalue weighted by atomic mass is 10.0. The Labute approximate surface area is 101 Å². The molecule has 88 valence electrons. The second-order valence-corrected chi connectivity index (χ2v) is 4.24. The van der Waals surface area contributed by atoms with E-state index in [2.05, 4.69) is 11.1 Å². The molecule has 0 bridgehead atoms. The summed E-state index contributed by atoms with van der Waals surface area (Å²) in [6.07, 6.45) is 4.19. The number of likely N-dealkylation sites (tertiary alicyclic amines) is 1. The molecule has 1 aromatic heterocycles. The fraction of sp³-hybridized carbons (Fsp3) is 0.462. The summed E-state index contributed by atoms with van der Waals surface area (Å²) in [5, 5.41) is 9.09. The Balaban J connectivity index is 2.02. The second kappa shape index (κ2) is 5.44. The van der Waals surface area contributed by atoms with Gasteiger partial charge in [0, 0.05) is 31.4 Å². The maximum absolute atomic E-state index is 12.1. The van der Waals surface area contributed by atoms with Crippen LogP contribution in [0.15, 0.2) is 24.4 Å². The molecule has 2 heterocycles. The van der Waals surface area contributed by atoms with Crippen molar-refractivity contribution < 1.29 is 4.79 Å². The fourth-order valence-corrected chi connectivity index (χ4v) is 2.07. The number of nitriles is 1. The van der Waals surface area contributed by atoms with Gasteiger partial charge in [-0.25, -0.2) is 0 Å². The number of hydrogen-bond acceptors (Lipinski definition) is 3. The molecular weight excluding hydrogens is 214 g/mol. The zero-order valence-corrected chi connectivity index (χ0v) is 9.67. The molecule has 0 spiro atoms. The molecule has 0 aliphatic carbocycles. The van der Waals surface area contributed by atoms with Crippen LogP contribution in [0.1, 0.15) is 18.5 Å². The van der Waals surface area contributed by atoms with Gasteiger partial charge in [0.25, 0.3) is 0 Å². The molecule has 1 atom stereocenters. The van der Waals surface area contributed by atoms with E-state index in [1.54, 1.807) is 11.1 Å². The van der Waals surface area contributed by atoms with Gasteiger partial charge in [-0.15, -0.1) is 0 Å². The van der Waals surface area contributed by atoms with E-state index in [0.29, 0.717) is 6.42 Å². The highest BCUT2D eigenvalue weighted by molar-refractivity contribution is 5.81. The minimum atomic E-state index is -0.594. The van der Waals surface area contributed by atoms with Gasteiger partial charge in [0.05, 0.1) is 6.07 Å². The van der Waals surface area contributed by atoms with Crippen molar-refractivity contribution in [2.45, 2.75) is 19.3 Å². The normalized spacial score (nSPS) is 16.5. The third-order valence-electron chi connectivity index (χ3n) is 3.01. The molecule has 17 heavy (non-hydrogen) atoms. The van der Waals surface area contributed by atoms with E-state index >= 15 is 0 Å². The van der Waals surface area contributed by atoms with Crippen LogP contribution in [0.25, 0.3) is 0 Å². The van der Waals surface area contributed by atoms with E-state index in [-0.39, 0.29) is 5.91 Å². The largest absolute Gasteiger partial charge is 0.342 e. The number of hydrogen-bond donors (Lipinski definition) is 0. The van der Waals surface area contributed by atoms with E-state index < -0.39 is 5.92 Å². The quantitative estimate of drug-likeness (QED) is 0.787. The molecule has 1 unspecified atom stereocenters. The molecule has 0 N–H and O–H groups in total. The van der Waals surface area contributed by atoms with Crippen molar-refractivity contribution in [3.8, 4) is 6.07 Å². The molecule has 1 aromatic rings. The van der Waals surface area contributed by atoms with Crippen LogP contribution in [0.3, 0.4) is 0 Å². The first-order chi connectivity index (χ1) is 8.31. The summed E-state index contributed by atoms with van der Waals surface area (Å²) in [5.41, 5.74) is 0.798. The molecule has 0 aromatic carbocycles. The Morgan fingerprint density at radius 2 is 2.24 bits per heavy atom. The van der Waals surface area contributed by atoms with Gasteiger partial charge in [0.15, 0.2) is 0 Å². The molecule has 4 heteroatoms. The summed E-state index contributed by atoms with van der Waals surface area (Å²) in [7, 11) is 0. The maximum Gasteiger partial charge on any atom is 0.240 e. The van der Waals surface area contributed by atoms with Crippen LogP contribution in [0.5, 0.6) is 0 Å². The standard InChI is InChI=1S/C13H15N3O/c14-10-11(9-12-5-1-2-6-15-12)13(17)16-7-3-4-8-16/h1-2,5-6,11H,3-4,7-9H2. The second-order valence-electron chi connectivity index (χ2n) is 4.24. The van der Waals surface area contributed by atoms with Crippen LogP contribution >= 0.6 is 0 Å². The first-order valence-corrected chi connectivity index (χ1v) is 5.89. The Hall–Kier alpha value is -1.89. The van der Waals surface area contributed by atoms with Gasteiger partial charge in [-0.05, 0) is 25.0 Å². The molecule has 0 saturated carbocycles. The number of pyridine rings is 1. The minimum Gasteiger partial charge on any atom is -0.342 e. The summed E-state index contributed by atoms with van der Waals surface area (Å²) < 4.78 is 0. The van der Waals surface area contributed by atoms with E-state index in [4.69, 9.17) is 5.26 Å². The molecule has 1 aliphatic heterocycles. The number of rotatable bonds is 3. The summed E-state index contributed by atoms with van der Waals surface area (Å²) in [6, 6.07) is 7.64. The average molecular weight is 229 g/mol. The van der Waals surface area contributed by atoms with Gasteiger partial charge in [-0.2, -0.15) is 5.26 Å². The van der Waals surface area contributed by atoms with E-state index in [1.165, 1.54) is 0 Å². The summed E-state index contributed by atoms with van der Waals surface area (Å²) in [4.78, 5) is 18.0. The van der Waals surface area contributed by atoms with Crippen molar-refractivity contribution in [2.24, 2.45) is 5.92 Å². The SMILES string of the molecule is N#CC(Cc1ccccn1)C(=O)N1CCCC1. The molecule has 4 nitrogen and oxygen atoms in total. The Bertz CT molecular complexity index is 418. The van der Waals surface area contributed by atoms with Crippen LogP contribution in [-0.2, 0) is 11.2 Å². The number of carbonyl (C=O) groups is 1. The number of nitrogens with zero attached hydrogens (tertiary/aromatic N) is 3. The van der Waals surface area contributed by atoms with Gasteiger partial charge in [-0.3, -0.25) is 9.78 Å². The zero-order chi connectivity index (χ0) is 12.1. The van der Waals surface area contributed by atoms with Crippen LogP contribution in [0, 0.1) is 17.2 Å². The van der Waals surface area contributed by atoms with Crippen LogP contribution in [0.4, 0.5) is 0 Å². The van der Waals surface area contributed by atoms with Crippen molar-refractivity contribution >= 4 is 5.91 Å². The third kappa shape index (κ3) is 2.82. The fourth-order valence-electron chi connectivity index (χ4n) is 2.07. The van der Waals surface area contributed by atoms with Crippen LogP contribution < -0.4 is 0 Å². The lowest BCUT2D eigenvalue weighted by Gasteiger charge is -2.18. The van der Waals surface area contributed by atoms with Crippen LogP contribution in [-0.4, -0.2) is 28.9 Å². The Kier molecular flexibility index (Phi) is 3.71. The third-order valence-corrected chi connectivity index (χ3v) is 3.01. The van der Waals surface area contributed by atoms with E-state index in [0.717, 1.165) is 31.6 Å². The summed E-state index contributed by atoms with van der Waals surface area (Å²) >= 11 is 0. The zero-order valence-electron chi connectivity index (χ0n) is 9.67. The highest BCUT2D eigenvalue weighted by atomic mass is 16.2. The van der Waals surface area contributed by atoms with Gasteiger partial charge >= 0.3 is 0 Å². The highest BCUT2D eigenvalue weighted by Crippen LogP contribution is 2.14. The van der Waals surface area contributed by atoms with E-state index in [1.807, 2.05) is 18.2 Å². The smallest absolute Gasteiger partial charge is 0.240 e.